The highest BCUT2D eigenvalue weighted by Crippen LogP contribution is 2.43. The zero-order valence-corrected chi connectivity index (χ0v) is 37.3. The monoisotopic (exact) mass is 821 g/mol. The summed E-state index contributed by atoms with van der Waals surface area (Å²) in [4.78, 5) is 34.5. The largest absolute Gasteiger partial charge is 0.472 e. The van der Waals surface area contributed by atoms with E-state index >= 15 is 0 Å². The lowest BCUT2D eigenvalue weighted by atomic mass is 10.0. The first-order valence-electron chi connectivity index (χ1n) is 23.5. The fourth-order valence-electron chi connectivity index (χ4n) is 6.94. The SMILES string of the molecule is CCCCCCCCCCCCCCCCCCCCCCCC(=O)OC(CO)COP(=O)(O)OCC(CO)OC(=O)CCCCCCCCCCCCCC. The summed E-state index contributed by atoms with van der Waals surface area (Å²) in [5.74, 6) is -1.00. The first-order chi connectivity index (χ1) is 27.3. The van der Waals surface area contributed by atoms with Gasteiger partial charge in [0.1, 0.15) is 12.2 Å². The fourth-order valence-corrected chi connectivity index (χ4v) is 7.73. The second-order valence-electron chi connectivity index (χ2n) is 16.1. The lowest BCUT2D eigenvalue weighted by molar-refractivity contribution is -0.153. The van der Waals surface area contributed by atoms with Crippen LogP contribution in [0, 0.1) is 0 Å². The standard InChI is InChI=1S/C45H89O10P/c1-3-5-7-9-11-13-15-17-18-19-20-21-22-23-24-25-27-29-31-33-35-37-45(49)55-43(39-47)41-53-56(50,51)52-40-42(38-46)54-44(48)36-34-32-30-28-26-16-14-12-10-8-6-4-2/h42-43,46-47H,3-41H2,1-2H3,(H,50,51). The van der Waals surface area contributed by atoms with Gasteiger partial charge in [-0.25, -0.2) is 4.57 Å². The summed E-state index contributed by atoms with van der Waals surface area (Å²) in [6.45, 7) is 2.25. The molecule has 0 aromatic heterocycles. The van der Waals surface area contributed by atoms with Crippen molar-refractivity contribution in [3.05, 3.63) is 0 Å². The third-order valence-corrected chi connectivity index (χ3v) is 11.5. The van der Waals surface area contributed by atoms with Gasteiger partial charge in [0.2, 0.25) is 0 Å². The molecule has 0 aliphatic carbocycles. The fraction of sp³-hybridized carbons (Fsp3) is 0.956. The molecule has 10 nitrogen and oxygen atoms in total. The molecular formula is C45H89O10P. The van der Waals surface area contributed by atoms with Gasteiger partial charge in [0.25, 0.3) is 0 Å². The molecule has 0 aliphatic rings. The van der Waals surface area contributed by atoms with E-state index in [-0.39, 0.29) is 12.8 Å². The minimum Gasteiger partial charge on any atom is -0.457 e. The minimum absolute atomic E-state index is 0.199. The van der Waals surface area contributed by atoms with Crippen molar-refractivity contribution < 1.29 is 47.8 Å². The normalized spacial score (nSPS) is 13.7. The van der Waals surface area contributed by atoms with Crippen LogP contribution < -0.4 is 0 Å². The lowest BCUT2D eigenvalue weighted by Crippen LogP contribution is -2.28. The Labute approximate surface area is 344 Å². The predicted molar refractivity (Wildman–Crippen MR) is 229 cm³/mol. The van der Waals surface area contributed by atoms with Crippen molar-refractivity contribution in [2.75, 3.05) is 26.4 Å². The molecule has 3 N–H and O–H groups in total. The van der Waals surface area contributed by atoms with Gasteiger partial charge < -0.3 is 24.6 Å². The molecule has 56 heavy (non-hydrogen) atoms. The molecular weight excluding hydrogens is 731 g/mol. The van der Waals surface area contributed by atoms with Crippen LogP contribution in [0.4, 0.5) is 0 Å². The highest BCUT2D eigenvalue weighted by molar-refractivity contribution is 7.47. The first kappa shape index (κ1) is 55.0. The maximum atomic E-state index is 12.4. The summed E-state index contributed by atoms with van der Waals surface area (Å²) < 4.78 is 32.6. The number of esters is 2. The summed E-state index contributed by atoms with van der Waals surface area (Å²) in [6.07, 6.45) is 39.4. The molecule has 0 bridgehead atoms. The van der Waals surface area contributed by atoms with Gasteiger partial charge in [-0.1, -0.05) is 213 Å². The Morgan fingerprint density at radius 3 is 0.839 bits per heavy atom. The van der Waals surface area contributed by atoms with E-state index in [1.54, 1.807) is 0 Å². The number of aliphatic hydroxyl groups is 2. The van der Waals surface area contributed by atoms with Crippen LogP contribution in [-0.2, 0) is 32.7 Å². The Morgan fingerprint density at radius 2 is 0.625 bits per heavy atom. The molecule has 3 unspecified atom stereocenters. The molecule has 0 rings (SSSR count). The number of hydrogen-bond acceptors (Lipinski definition) is 9. The number of carbonyl (C=O) groups excluding carboxylic acids is 2. The molecule has 0 spiro atoms. The third kappa shape index (κ3) is 39.8. The van der Waals surface area contributed by atoms with Crippen LogP contribution in [0.5, 0.6) is 0 Å². The summed E-state index contributed by atoms with van der Waals surface area (Å²) in [7, 11) is -4.63. The molecule has 334 valence electrons. The molecule has 11 heteroatoms. The van der Waals surface area contributed by atoms with Crippen molar-refractivity contribution in [1.82, 2.24) is 0 Å². The van der Waals surface area contributed by atoms with Crippen LogP contribution >= 0.6 is 7.82 Å². The number of rotatable bonds is 45. The van der Waals surface area contributed by atoms with Crippen LogP contribution in [-0.4, -0.2) is 65.7 Å². The molecule has 0 saturated carbocycles. The smallest absolute Gasteiger partial charge is 0.457 e. The van der Waals surface area contributed by atoms with Crippen molar-refractivity contribution in [2.45, 2.75) is 251 Å². The zero-order valence-electron chi connectivity index (χ0n) is 36.4. The molecule has 0 radical (unpaired) electrons. The molecule has 0 aromatic carbocycles. The van der Waals surface area contributed by atoms with Gasteiger partial charge in [-0.2, -0.15) is 0 Å². The Kier molecular flexibility index (Phi) is 41.3. The number of carbonyl (C=O) groups is 2. The number of unbranched alkanes of at least 4 members (excludes halogenated alkanes) is 31. The number of phosphoric acid groups is 1. The number of aliphatic hydroxyl groups excluding tert-OH is 2. The molecule has 0 amide bonds. The summed E-state index contributed by atoms with van der Waals surface area (Å²) >= 11 is 0. The Morgan fingerprint density at radius 1 is 0.411 bits per heavy atom. The Bertz CT molecular complexity index is 904. The van der Waals surface area contributed by atoms with E-state index < -0.39 is 58.4 Å². The van der Waals surface area contributed by atoms with E-state index in [1.807, 2.05) is 0 Å². The first-order valence-corrected chi connectivity index (χ1v) is 25.0. The van der Waals surface area contributed by atoms with Gasteiger partial charge in [-0.3, -0.25) is 18.6 Å². The average Bonchev–Trinajstić information content (AvgIpc) is 3.19. The minimum atomic E-state index is -4.63. The summed E-state index contributed by atoms with van der Waals surface area (Å²) in [6, 6.07) is 0. The van der Waals surface area contributed by atoms with Gasteiger partial charge in [-0.05, 0) is 12.8 Å². The highest BCUT2D eigenvalue weighted by atomic mass is 31.2. The van der Waals surface area contributed by atoms with E-state index in [0.29, 0.717) is 12.8 Å². The van der Waals surface area contributed by atoms with Crippen molar-refractivity contribution in [3.63, 3.8) is 0 Å². The van der Waals surface area contributed by atoms with E-state index in [1.165, 1.54) is 161 Å². The van der Waals surface area contributed by atoms with E-state index in [9.17, 15) is 29.3 Å². The molecule has 0 saturated heterocycles. The van der Waals surface area contributed by atoms with Crippen LogP contribution in [0.15, 0.2) is 0 Å². The van der Waals surface area contributed by atoms with E-state index in [0.717, 1.165) is 38.5 Å². The third-order valence-electron chi connectivity index (χ3n) is 10.6. The van der Waals surface area contributed by atoms with Crippen molar-refractivity contribution in [1.29, 1.82) is 0 Å². The van der Waals surface area contributed by atoms with E-state index in [4.69, 9.17) is 18.5 Å². The average molecular weight is 821 g/mol. The maximum absolute atomic E-state index is 12.4. The zero-order chi connectivity index (χ0) is 41.2. The van der Waals surface area contributed by atoms with Crippen molar-refractivity contribution >= 4 is 19.8 Å². The van der Waals surface area contributed by atoms with E-state index in [2.05, 4.69) is 13.8 Å². The quantitative estimate of drug-likeness (QED) is 0.0308. The van der Waals surface area contributed by atoms with Gasteiger partial charge in [0, 0.05) is 12.8 Å². The topological polar surface area (TPSA) is 149 Å². The maximum Gasteiger partial charge on any atom is 0.472 e. The molecule has 0 aromatic rings. The second-order valence-corrected chi connectivity index (χ2v) is 17.6. The van der Waals surface area contributed by atoms with Crippen LogP contribution in [0.25, 0.3) is 0 Å². The summed E-state index contributed by atoms with van der Waals surface area (Å²) in [5.41, 5.74) is 0. The molecule has 0 fully saturated rings. The Hall–Kier alpha value is -1.03. The number of phosphoric ester groups is 1. The van der Waals surface area contributed by atoms with Gasteiger partial charge in [0.05, 0.1) is 26.4 Å². The summed E-state index contributed by atoms with van der Waals surface area (Å²) in [5, 5.41) is 19.2. The molecule has 3 atom stereocenters. The van der Waals surface area contributed by atoms with Crippen LogP contribution in [0.2, 0.25) is 0 Å². The van der Waals surface area contributed by atoms with Crippen LogP contribution in [0.1, 0.15) is 239 Å². The van der Waals surface area contributed by atoms with Gasteiger partial charge in [0.15, 0.2) is 0 Å². The van der Waals surface area contributed by atoms with Crippen molar-refractivity contribution in [2.24, 2.45) is 0 Å². The predicted octanol–water partition coefficient (Wildman–Crippen LogP) is 12.6. The van der Waals surface area contributed by atoms with Crippen molar-refractivity contribution in [3.8, 4) is 0 Å². The number of hydrogen-bond donors (Lipinski definition) is 3. The lowest BCUT2D eigenvalue weighted by Gasteiger charge is -2.20. The van der Waals surface area contributed by atoms with Crippen LogP contribution in [0.3, 0.4) is 0 Å². The molecule has 0 heterocycles. The Balaban J connectivity index is 3.80. The molecule has 0 aliphatic heterocycles. The van der Waals surface area contributed by atoms with Gasteiger partial charge >= 0.3 is 19.8 Å². The van der Waals surface area contributed by atoms with Gasteiger partial charge in [-0.15, -0.1) is 0 Å². The highest BCUT2D eigenvalue weighted by Gasteiger charge is 2.27. The number of ether oxygens (including phenoxy) is 2. The second kappa shape index (κ2) is 42.1.